The summed E-state index contributed by atoms with van der Waals surface area (Å²) in [5, 5.41) is 0. The molecule has 1 aromatic rings. The first kappa shape index (κ1) is 23.7. The number of ether oxygens (including phenoxy) is 3. The second-order valence-corrected chi connectivity index (χ2v) is 15.8. The largest absolute Gasteiger partial charge is 0.472 e. The van der Waals surface area contributed by atoms with E-state index in [1.165, 1.54) is 55.6 Å². The first-order valence-corrected chi connectivity index (χ1v) is 15.6. The van der Waals surface area contributed by atoms with Crippen LogP contribution in [0, 0.1) is 34.0 Å². The summed E-state index contributed by atoms with van der Waals surface area (Å²) in [5.41, 5.74) is 3.11. The van der Waals surface area contributed by atoms with Gasteiger partial charge in [-0.2, -0.15) is 0 Å². The van der Waals surface area contributed by atoms with E-state index in [-0.39, 0.29) is 26.6 Å². The van der Waals surface area contributed by atoms with Gasteiger partial charge in [0.1, 0.15) is 0 Å². The molecule has 0 N–H and O–H groups in total. The number of rotatable bonds is 2. The van der Waals surface area contributed by atoms with Crippen molar-refractivity contribution < 1.29 is 18.6 Å². The highest BCUT2D eigenvalue weighted by Crippen LogP contribution is 2.73. The molecule has 3 aliphatic carbocycles. The maximum atomic E-state index is 7.15. The Morgan fingerprint density at radius 2 is 1.89 bits per heavy atom. The molecule has 8 rings (SSSR count). The second-order valence-electron chi connectivity index (χ2n) is 12.8. The monoisotopic (exact) mass is 516 g/mol. The van der Waals surface area contributed by atoms with Gasteiger partial charge in [0.25, 0.3) is 0 Å². The Morgan fingerprint density at radius 3 is 2.57 bits per heavy atom. The molecule has 2 spiro atoms. The molecule has 0 aromatic carbocycles. The molecule has 5 heterocycles. The Morgan fingerprint density at radius 1 is 1.06 bits per heavy atom. The summed E-state index contributed by atoms with van der Waals surface area (Å²) in [6, 6.07) is 2.15. The Hall–Kier alpha value is -0.400. The van der Waals surface area contributed by atoms with E-state index in [9.17, 15) is 0 Å². The van der Waals surface area contributed by atoms with Crippen molar-refractivity contribution in [2.24, 2.45) is 34.0 Å². The number of allylic oxidation sites excluding steroid dienone is 1. The molecule has 0 unspecified atom stereocenters. The van der Waals surface area contributed by atoms with Gasteiger partial charge in [0, 0.05) is 35.3 Å². The Kier molecular flexibility index (Phi) is 5.29. The number of hydrogen-bond donors (Lipinski definition) is 0. The van der Waals surface area contributed by atoms with Crippen LogP contribution >= 0.6 is 23.5 Å². The van der Waals surface area contributed by atoms with Crippen molar-refractivity contribution in [1.82, 2.24) is 0 Å². The fraction of sp³-hybridized carbons (Fsp3) is 0.793. The predicted molar refractivity (Wildman–Crippen MR) is 141 cm³/mol. The molecule has 4 saturated heterocycles. The Labute approximate surface area is 218 Å². The predicted octanol–water partition coefficient (Wildman–Crippen LogP) is 7.42. The molecule has 7 aliphatic rings. The molecule has 4 aliphatic heterocycles. The molecule has 2 bridgehead atoms. The van der Waals surface area contributed by atoms with Gasteiger partial charge in [-0.15, -0.1) is 23.5 Å². The zero-order valence-corrected chi connectivity index (χ0v) is 23.3. The van der Waals surface area contributed by atoms with Crippen molar-refractivity contribution in [3.63, 3.8) is 0 Å². The van der Waals surface area contributed by atoms with Gasteiger partial charge in [0.05, 0.1) is 25.2 Å². The minimum absolute atomic E-state index is 0.0741. The molecule has 6 fully saturated rings. The van der Waals surface area contributed by atoms with Gasteiger partial charge < -0.3 is 18.6 Å². The van der Waals surface area contributed by atoms with E-state index in [0.29, 0.717) is 17.8 Å². The van der Waals surface area contributed by atoms with Crippen molar-refractivity contribution in [3.8, 4) is 0 Å². The summed E-state index contributed by atoms with van der Waals surface area (Å²) in [6.07, 6.45) is 14.9. The number of fused-ring (bicyclic) bond motifs is 5. The van der Waals surface area contributed by atoms with Crippen LogP contribution < -0.4 is 0 Å². The van der Waals surface area contributed by atoms with Gasteiger partial charge in [-0.1, -0.05) is 32.4 Å². The highest BCUT2D eigenvalue weighted by molar-refractivity contribution is 8.18. The van der Waals surface area contributed by atoms with Gasteiger partial charge >= 0.3 is 0 Å². The summed E-state index contributed by atoms with van der Waals surface area (Å²) < 4.78 is 25.4. The Bertz CT molecular complexity index is 1000. The van der Waals surface area contributed by atoms with Crippen molar-refractivity contribution in [1.29, 1.82) is 0 Å². The molecule has 192 valence electrons. The van der Waals surface area contributed by atoms with Crippen molar-refractivity contribution in [2.45, 2.75) is 81.9 Å². The third-order valence-corrected chi connectivity index (χ3v) is 14.4. The molecule has 35 heavy (non-hydrogen) atoms. The van der Waals surface area contributed by atoms with Gasteiger partial charge in [-0.25, -0.2) is 0 Å². The molecular formula is C29H40O4S2. The summed E-state index contributed by atoms with van der Waals surface area (Å²) in [6.45, 7) is 8.11. The lowest BCUT2D eigenvalue weighted by Crippen LogP contribution is -2.68. The van der Waals surface area contributed by atoms with Crippen LogP contribution in [0.5, 0.6) is 0 Å². The smallest absolute Gasteiger partial charge is 0.176 e. The average Bonchev–Trinajstić information content (AvgIpc) is 3.40. The quantitative estimate of drug-likeness (QED) is 0.381. The molecule has 7 atom stereocenters. The van der Waals surface area contributed by atoms with E-state index < -0.39 is 5.79 Å². The number of methoxy groups -OCH3 is 1. The van der Waals surface area contributed by atoms with Crippen LogP contribution in [0.25, 0.3) is 0 Å². The highest BCUT2D eigenvalue weighted by atomic mass is 32.2. The third-order valence-electron chi connectivity index (χ3n) is 11.3. The minimum Gasteiger partial charge on any atom is -0.472 e. The van der Waals surface area contributed by atoms with Gasteiger partial charge in [0.2, 0.25) is 0 Å². The molecule has 2 saturated carbocycles. The molecule has 1 aromatic heterocycles. The van der Waals surface area contributed by atoms with Crippen LogP contribution in [0.1, 0.15) is 77.4 Å². The van der Waals surface area contributed by atoms with E-state index in [1.54, 1.807) is 5.57 Å². The van der Waals surface area contributed by atoms with E-state index in [2.05, 4.69) is 56.4 Å². The molecule has 6 heteroatoms. The zero-order chi connectivity index (χ0) is 24.1. The summed E-state index contributed by atoms with van der Waals surface area (Å²) >= 11 is 4.14. The first-order valence-electron chi connectivity index (χ1n) is 13.7. The molecule has 0 amide bonds. The number of furan rings is 1. The van der Waals surface area contributed by atoms with Crippen LogP contribution in [0.15, 0.2) is 34.7 Å². The molecule has 4 nitrogen and oxygen atoms in total. The van der Waals surface area contributed by atoms with E-state index >= 15 is 0 Å². The second kappa shape index (κ2) is 7.81. The fourth-order valence-corrected chi connectivity index (χ4v) is 12.7. The zero-order valence-electron chi connectivity index (χ0n) is 21.6. The van der Waals surface area contributed by atoms with Gasteiger partial charge in [-0.05, 0) is 73.9 Å². The van der Waals surface area contributed by atoms with Crippen LogP contribution in [-0.2, 0) is 14.2 Å². The standard InChI is InChI=1S/C29H40O4S2/c1-25(2)23-7-6-20-21(27(23)11-12-28(25,30-4)32-18-27)8-10-26(3)22(20)16-29(34-14-5-15-35-29)33-24(26)19-9-13-31-17-19/h7,9,13,17,20-22,24H,5-6,8,10-12,14-16,18H2,1-4H3/t20-,21+,22+,24+,26-,27+,28+/m1/s1. The van der Waals surface area contributed by atoms with Gasteiger partial charge in [-0.3, -0.25) is 0 Å². The number of thioether (sulfide) groups is 2. The lowest BCUT2D eigenvalue weighted by atomic mass is 9.41. The third kappa shape index (κ3) is 3.01. The minimum atomic E-state index is -0.457. The molecule has 0 radical (unpaired) electrons. The fourth-order valence-electron chi connectivity index (χ4n) is 9.54. The highest BCUT2D eigenvalue weighted by Gasteiger charge is 2.70. The maximum absolute atomic E-state index is 7.15. The lowest BCUT2D eigenvalue weighted by molar-refractivity contribution is -0.346. The van der Waals surface area contributed by atoms with Crippen LogP contribution in [0.2, 0.25) is 0 Å². The normalized spacial score (nSPS) is 47.5. The van der Waals surface area contributed by atoms with E-state index in [0.717, 1.165) is 13.0 Å². The number of hydrogen-bond acceptors (Lipinski definition) is 6. The van der Waals surface area contributed by atoms with Crippen LogP contribution in [0.3, 0.4) is 0 Å². The van der Waals surface area contributed by atoms with Crippen molar-refractivity contribution in [3.05, 3.63) is 35.8 Å². The van der Waals surface area contributed by atoms with Crippen molar-refractivity contribution in [2.75, 3.05) is 25.2 Å². The summed E-state index contributed by atoms with van der Waals surface area (Å²) in [7, 11) is 1.84. The van der Waals surface area contributed by atoms with E-state index in [4.69, 9.17) is 18.6 Å². The van der Waals surface area contributed by atoms with E-state index in [1.807, 2.05) is 19.6 Å². The molecular weight excluding hydrogens is 476 g/mol. The van der Waals surface area contributed by atoms with Gasteiger partial charge in [0.15, 0.2) is 10.1 Å². The topological polar surface area (TPSA) is 40.8 Å². The maximum Gasteiger partial charge on any atom is 0.176 e. The summed E-state index contributed by atoms with van der Waals surface area (Å²) in [4.78, 5) is 0. The van der Waals surface area contributed by atoms with Crippen molar-refractivity contribution >= 4 is 23.5 Å². The average molecular weight is 517 g/mol. The van der Waals surface area contributed by atoms with Crippen LogP contribution in [-0.4, -0.2) is 35.3 Å². The SMILES string of the molecule is CO[C@@]12CC[C@@]3(CO1)C(=CC[C@@H]1[C@@H]3CC[C@@]3(C)[C@H](c4ccoc4)OC4(C[C@@H]13)SCCCS4)C2(C)C. The van der Waals surface area contributed by atoms with Crippen LogP contribution in [0.4, 0.5) is 0 Å². The Balaban J connectivity index is 1.31. The summed E-state index contributed by atoms with van der Waals surface area (Å²) in [5.74, 6) is 3.97. The first-order chi connectivity index (χ1) is 16.8. The lowest BCUT2D eigenvalue weighted by Gasteiger charge is -2.69.